The second-order valence-corrected chi connectivity index (χ2v) is 29.3. The van der Waals surface area contributed by atoms with E-state index in [9.17, 15) is 0 Å². The lowest BCUT2D eigenvalue weighted by Crippen LogP contribution is -2.68. The van der Waals surface area contributed by atoms with Crippen molar-refractivity contribution in [2.45, 2.75) is 258 Å². The van der Waals surface area contributed by atoms with Gasteiger partial charge in [-0.3, -0.25) is 14.5 Å². The van der Waals surface area contributed by atoms with Crippen molar-refractivity contribution in [3.8, 4) is 17.2 Å². The van der Waals surface area contributed by atoms with Gasteiger partial charge in [0, 0.05) is 58.1 Å². The molecule has 7 heterocycles. The van der Waals surface area contributed by atoms with Crippen LogP contribution in [0.4, 0.5) is 0 Å². The van der Waals surface area contributed by atoms with Gasteiger partial charge in [-0.25, -0.2) is 0 Å². The summed E-state index contributed by atoms with van der Waals surface area (Å²) in [4.78, 5) is 19.5. The molecule has 3 aromatic rings. The molecular formula is C68H107N3O12. The molecule has 7 aliphatic rings. The van der Waals surface area contributed by atoms with Gasteiger partial charge in [0.1, 0.15) is 73.7 Å². The molecule has 0 N–H and O–H groups in total. The highest BCUT2D eigenvalue weighted by molar-refractivity contribution is 5.30. The fourth-order valence-electron chi connectivity index (χ4n) is 12.9. The molecule has 0 aliphatic carbocycles. The molecule has 6 atom stereocenters. The van der Waals surface area contributed by atoms with Crippen molar-refractivity contribution in [3.05, 3.63) is 89.5 Å². The molecule has 83 heavy (non-hydrogen) atoms. The highest BCUT2D eigenvalue weighted by atomic mass is 16.7. The number of nitrogens with zero attached hydrogens (tertiary/aromatic N) is 3. The zero-order valence-corrected chi connectivity index (χ0v) is 54.2. The maximum Gasteiger partial charge on any atom is 0.171 e. The molecule has 6 unspecified atom stereocenters. The van der Waals surface area contributed by atoms with E-state index in [0.29, 0.717) is 19.8 Å². The van der Waals surface area contributed by atoms with Crippen LogP contribution in [0.3, 0.4) is 0 Å². The molecule has 7 aliphatic heterocycles. The quantitative estimate of drug-likeness (QED) is 0.0937. The Balaban J connectivity index is 0.000000164. The first-order valence-corrected chi connectivity index (χ1v) is 31.2. The molecule has 10 rings (SSSR count). The van der Waals surface area contributed by atoms with Crippen molar-refractivity contribution in [1.82, 2.24) is 15.2 Å². The lowest BCUT2D eigenvalue weighted by Gasteiger charge is -2.59. The van der Waals surface area contributed by atoms with Crippen LogP contribution in [0.2, 0.25) is 0 Å². The van der Waals surface area contributed by atoms with Gasteiger partial charge in [-0.05, 0) is 195 Å². The van der Waals surface area contributed by atoms with Crippen molar-refractivity contribution >= 4 is 0 Å². The second kappa shape index (κ2) is 26.5. The third-order valence-corrected chi connectivity index (χ3v) is 17.1. The molecule has 1 spiro atoms. The topological polar surface area (TPSA) is 130 Å². The standard InChI is InChI=1S/C25H39NO5.C23H37NO4.C20H31NO3/c1-18(19-8-10-20(11-9-19)27-12-21-13-28-21)31-26-23(4,5)14-25(15-24(26,6)7)29-16-22(2,3)17-30-25;1-7-12-25-20-13-22(3,4)24(23(5,6)14-20)28-17(2)18-8-10-19(11-9-18)26-15-21-16-27-21;1-15(24-21-19(2,3)11-6-12-20(21,4)5)16-7-9-17(10-8-16)22-13-18-14-23-18/h8-11,18,21H,12-17H2,1-7H3;8-11,17,20-21H,7,12-16H2,1-6H3;7-10,15,18H,6,11-14H2,1-5H3. The largest absolute Gasteiger partial charge is 0.491 e. The highest BCUT2D eigenvalue weighted by Gasteiger charge is 2.57. The summed E-state index contributed by atoms with van der Waals surface area (Å²) in [5.74, 6) is 2.08. The predicted molar refractivity (Wildman–Crippen MR) is 324 cm³/mol. The number of piperidine rings is 3. The third kappa shape index (κ3) is 18.3. The molecule has 466 valence electrons. The Morgan fingerprint density at radius 1 is 0.458 bits per heavy atom. The monoisotopic (exact) mass is 1160 g/mol. The van der Waals surface area contributed by atoms with Crippen LogP contribution in [0.5, 0.6) is 17.2 Å². The number of hydroxylamine groups is 6. The summed E-state index contributed by atoms with van der Waals surface area (Å²) in [6, 6.07) is 24.6. The SMILES string of the molecule is CC(ON1C(C)(C)CC2(CC1(C)C)OCC(C)(C)CO2)c1ccc(OCC2CO2)cc1.CC(ON1C(C)(C)CCCC1(C)C)c1ccc(OCC2CO2)cc1.CCCOC1CC(C)(C)N(OC(C)c2ccc(OCC3CO3)cc2)C(C)(C)C1. The van der Waals surface area contributed by atoms with Crippen molar-refractivity contribution < 1.29 is 57.1 Å². The summed E-state index contributed by atoms with van der Waals surface area (Å²) < 4.78 is 51.6. The van der Waals surface area contributed by atoms with Crippen LogP contribution in [0.25, 0.3) is 0 Å². The minimum Gasteiger partial charge on any atom is -0.491 e. The van der Waals surface area contributed by atoms with E-state index >= 15 is 0 Å². The summed E-state index contributed by atoms with van der Waals surface area (Å²) in [5, 5.41) is 6.59. The average Bonchev–Trinajstić information content (AvgIpc) is 2.44. The van der Waals surface area contributed by atoms with E-state index in [1.807, 2.05) is 36.4 Å². The molecular weight excluding hydrogens is 1050 g/mol. The maximum atomic E-state index is 6.59. The van der Waals surface area contributed by atoms with Crippen LogP contribution in [0.15, 0.2) is 72.8 Å². The van der Waals surface area contributed by atoms with Crippen LogP contribution in [-0.2, 0) is 42.9 Å². The Bertz CT molecular complexity index is 2420. The van der Waals surface area contributed by atoms with E-state index in [1.54, 1.807) is 0 Å². The van der Waals surface area contributed by atoms with E-state index in [1.165, 1.54) is 24.8 Å². The number of benzene rings is 3. The molecule has 7 saturated heterocycles. The van der Waals surface area contributed by atoms with Crippen molar-refractivity contribution in [1.29, 1.82) is 0 Å². The Hall–Kier alpha value is -3.42. The van der Waals surface area contributed by atoms with E-state index in [4.69, 9.17) is 57.1 Å². The van der Waals surface area contributed by atoms with Gasteiger partial charge >= 0.3 is 0 Å². The molecule has 0 saturated carbocycles. The van der Waals surface area contributed by atoms with Gasteiger partial charge in [0.25, 0.3) is 0 Å². The van der Waals surface area contributed by atoms with Gasteiger partial charge in [-0.1, -0.05) is 57.2 Å². The summed E-state index contributed by atoms with van der Waals surface area (Å²) in [6.07, 6.45) is 9.12. The zero-order chi connectivity index (χ0) is 60.2. The number of epoxide rings is 3. The van der Waals surface area contributed by atoms with Gasteiger partial charge in [0.2, 0.25) is 0 Å². The average molecular weight is 1160 g/mol. The van der Waals surface area contributed by atoms with E-state index in [2.05, 4.69) is 176 Å². The lowest BCUT2D eigenvalue weighted by molar-refractivity contribution is -0.387. The Morgan fingerprint density at radius 2 is 0.771 bits per heavy atom. The Morgan fingerprint density at radius 3 is 1.08 bits per heavy atom. The fourth-order valence-corrected chi connectivity index (χ4v) is 12.9. The van der Waals surface area contributed by atoms with E-state index < -0.39 is 5.79 Å². The fraction of sp³-hybridized carbons (Fsp3) is 0.735. The summed E-state index contributed by atoms with van der Waals surface area (Å²) >= 11 is 0. The van der Waals surface area contributed by atoms with Crippen LogP contribution in [0.1, 0.15) is 211 Å². The van der Waals surface area contributed by atoms with E-state index in [0.717, 1.165) is 100 Å². The molecule has 0 bridgehead atoms. The first-order valence-electron chi connectivity index (χ1n) is 31.2. The first kappa shape index (κ1) is 65.6. The van der Waals surface area contributed by atoms with Crippen LogP contribution in [-0.4, -0.2) is 138 Å². The summed E-state index contributed by atoms with van der Waals surface area (Å²) in [7, 11) is 0. The zero-order valence-electron chi connectivity index (χ0n) is 54.2. The molecule has 0 radical (unpaired) electrons. The van der Waals surface area contributed by atoms with Gasteiger partial charge in [-0.2, -0.15) is 15.2 Å². The van der Waals surface area contributed by atoms with Gasteiger partial charge in [-0.15, -0.1) is 0 Å². The van der Waals surface area contributed by atoms with Crippen molar-refractivity contribution in [2.24, 2.45) is 5.41 Å². The van der Waals surface area contributed by atoms with Crippen molar-refractivity contribution in [2.75, 3.05) is 59.5 Å². The first-order chi connectivity index (χ1) is 38.9. The normalized spacial score (nSPS) is 27.3. The Kier molecular flexibility index (Phi) is 20.9. The second-order valence-electron chi connectivity index (χ2n) is 29.3. The predicted octanol–water partition coefficient (Wildman–Crippen LogP) is 14.3. The maximum absolute atomic E-state index is 6.59. The van der Waals surface area contributed by atoms with E-state index in [-0.39, 0.29) is 81.4 Å². The molecule has 0 amide bonds. The summed E-state index contributed by atoms with van der Waals surface area (Å²) in [6.45, 7) is 46.4. The lowest BCUT2D eigenvalue weighted by atomic mass is 9.77. The number of hydrogen-bond acceptors (Lipinski definition) is 15. The van der Waals surface area contributed by atoms with Gasteiger partial charge in [0.15, 0.2) is 5.79 Å². The minimum atomic E-state index is -0.546. The molecule has 15 nitrogen and oxygen atoms in total. The molecule has 7 fully saturated rings. The smallest absolute Gasteiger partial charge is 0.171 e. The molecule has 3 aromatic carbocycles. The third-order valence-electron chi connectivity index (χ3n) is 17.1. The molecule has 0 aromatic heterocycles. The number of hydrogen-bond donors (Lipinski definition) is 0. The summed E-state index contributed by atoms with van der Waals surface area (Å²) in [5.41, 5.74) is 2.93. The highest BCUT2D eigenvalue weighted by Crippen LogP contribution is 2.50. The number of rotatable bonds is 21. The van der Waals surface area contributed by atoms with Crippen molar-refractivity contribution in [3.63, 3.8) is 0 Å². The Labute approximate surface area is 499 Å². The van der Waals surface area contributed by atoms with Crippen LogP contribution < -0.4 is 14.2 Å². The van der Waals surface area contributed by atoms with Gasteiger partial charge in [0.05, 0.1) is 39.1 Å². The molecule has 15 heteroatoms. The number of ether oxygens (including phenoxy) is 9. The van der Waals surface area contributed by atoms with Crippen LogP contribution in [0, 0.1) is 5.41 Å². The minimum absolute atomic E-state index is 0.0162. The van der Waals surface area contributed by atoms with Crippen LogP contribution >= 0.6 is 0 Å². The van der Waals surface area contributed by atoms with Gasteiger partial charge < -0.3 is 42.6 Å².